The molecular formula is C14H19N3O2S. The largest absolute Gasteiger partial charge is 0.493 e. The number of hydrogen-bond acceptors (Lipinski definition) is 6. The molecule has 6 heteroatoms. The smallest absolute Gasteiger partial charge is 0.161 e. The molecule has 0 aliphatic rings. The number of hydrogen-bond donors (Lipinski definition) is 1. The van der Waals surface area contributed by atoms with E-state index >= 15 is 0 Å². The maximum Gasteiger partial charge on any atom is 0.161 e. The van der Waals surface area contributed by atoms with E-state index in [2.05, 4.69) is 21.0 Å². The van der Waals surface area contributed by atoms with Gasteiger partial charge in [-0.15, -0.1) is 0 Å². The Morgan fingerprint density at radius 2 is 2.05 bits per heavy atom. The summed E-state index contributed by atoms with van der Waals surface area (Å²) in [6.07, 6.45) is 2.86. The Morgan fingerprint density at radius 1 is 1.25 bits per heavy atom. The van der Waals surface area contributed by atoms with Crippen LogP contribution < -0.4 is 14.8 Å². The number of nitrogens with one attached hydrogen (secondary N) is 1. The van der Waals surface area contributed by atoms with Crippen molar-refractivity contribution in [1.82, 2.24) is 14.1 Å². The van der Waals surface area contributed by atoms with Crippen LogP contribution in [0.3, 0.4) is 0 Å². The molecule has 0 amide bonds. The second kappa shape index (κ2) is 7.21. The number of ether oxygens (including phenoxy) is 2. The van der Waals surface area contributed by atoms with Gasteiger partial charge in [0.15, 0.2) is 11.5 Å². The van der Waals surface area contributed by atoms with Gasteiger partial charge in [-0.1, -0.05) is 13.0 Å². The molecular weight excluding hydrogens is 274 g/mol. The lowest BCUT2D eigenvalue weighted by Crippen LogP contribution is -2.23. The lowest BCUT2D eigenvalue weighted by Gasteiger charge is -2.18. The molecule has 1 heterocycles. The van der Waals surface area contributed by atoms with E-state index in [9.17, 15) is 0 Å². The minimum absolute atomic E-state index is 0.0218. The van der Waals surface area contributed by atoms with Crippen molar-refractivity contribution >= 4 is 11.7 Å². The molecule has 0 fully saturated rings. The Bertz CT molecular complexity index is 531. The van der Waals surface area contributed by atoms with E-state index in [1.54, 1.807) is 20.4 Å². The fraction of sp³-hybridized carbons (Fsp3) is 0.429. The van der Waals surface area contributed by atoms with Crippen molar-refractivity contribution < 1.29 is 9.47 Å². The third-order valence-corrected chi connectivity index (χ3v) is 3.51. The first kappa shape index (κ1) is 14.7. The van der Waals surface area contributed by atoms with Crippen LogP contribution in [0.5, 0.6) is 11.5 Å². The zero-order valence-electron chi connectivity index (χ0n) is 11.9. The molecule has 1 unspecified atom stereocenters. The summed E-state index contributed by atoms with van der Waals surface area (Å²) >= 11 is 1.22. The average molecular weight is 293 g/mol. The molecule has 0 radical (unpaired) electrons. The second-order valence-corrected chi connectivity index (χ2v) is 4.89. The van der Waals surface area contributed by atoms with Gasteiger partial charge in [-0.2, -0.15) is 8.75 Å². The van der Waals surface area contributed by atoms with E-state index in [1.807, 2.05) is 18.2 Å². The molecule has 1 atom stereocenters. The van der Waals surface area contributed by atoms with Gasteiger partial charge in [0.25, 0.3) is 0 Å². The Labute approximate surface area is 123 Å². The minimum Gasteiger partial charge on any atom is -0.493 e. The summed E-state index contributed by atoms with van der Waals surface area (Å²) < 4.78 is 19.1. The zero-order chi connectivity index (χ0) is 14.4. The molecule has 0 aliphatic heterocycles. The maximum absolute atomic E-state index is 5.36. The van der Waals surface area contributed by atoms with E-state index < -0.39 is 0 Å². The highest BCUT2D eigenvalue weighted by Crippen LogP contribution is 2.31. The van der Waals surface area contributed by atoms with Gasteiger partial charge in [0.2, 0.25) is 0 Å². The van der Waals surface area contributed by atoms with Gasteiger partial charge in [0.1, 0.15) is 0 Å². The molecule has 108 valence electrons. The van der Waals surface area contributed by atoms with Gasteiger partial charge in [-0.25, -0.2) is 0 Å². The highest BCUT2D eigenvalue weighted by molar-refractivity contribution is 6.99. The van der Waals surface area contributed by atoms with Crippen LogP contribution in [0.25, 0.3) is 0 Å². The van der Waals surface area contributed by atoms with Crippen molar-refractivity contribution in [2.24, 2.45) is 0 Å². The zero-order valence-corrected chi connectivity index (χ0v) is 12.7. The molecule has 0 saturated carbocycles. The average Bonchev–Trinajstić information content (AvgIpc) is 3.01. The van der Waals surface area contributed by atoms with Crippen molar-refractivity contribution in [3.8, 4) is 11.5 Å². The number of rotatable bonds is 7. The standard InChI is InChI=1S/C14H19N3O2S/c1-4-7-15-14(11-9-16-20-17-11)10-5-6-12(18-2)13(8-10)19-3/h5-6,8-9,14-15H,4,7H2,1-3H3. The Balaban J connectivity index is 2.33. The number of methoxy groups -OCH3 is 2. The lowest BCUT2D eigenvalue weighted by molar-refractivity contribution is 0.354. The Hall–Kier alpha value is -1.66. The second-order valence-electron chi connectivity index (χ2n) is 4.33. The number of aromatic nitrogens is 2. The van der Waals surface area contributed by atoms with Gasteiger partial charge in [-0.05, 0) is 30.7 Å². The van der Waals surface area contributed by atoms with Gasteiger partial charge in [0.05, 0.1) is 43.9 Å². The molecule has 1 aromatic heterocycles. The molecule has 0 aliphatic carbocycles. The SMILES string of the molecule is CCCNC(c1ccc(OC)c(OC)c1)c1cnsn1. The molecule has 5 nitrogen and oxygen atoms in total. The van der Waals surface area contributed by atoms with Crippen molar-refractivity contribution in [1.29, 1.82) is 0 Å². The molecule has 0 bridgehead atoms. The summed E-state index contributed by atoms with van der Waals surface area (Å²) in [5, 5.41) is 3.48. The Morgan fingerprint density at radius 3 is 2.65 bits per heavy atom. The van der Waals surface area contributed by atoms with E-state index in [4.69, 9.17) is 9.47 Å². The van der Waals surface area contributed by atoms with Crippen LogP contribution in [-0.4, -0.2) is 29.5 Å². The van der Waals surface area contributed by atoms with E-state index in [1.165, 1.54) is 11.7 Å². The van der Waals surface area contributed by atoms with Crippen LogP contribution in [0.1, 0.15) is 30.6 Å². The maximum atomic E-state index is 5.36. The minimum atomic E-state index is 0.0218. The summed E-state index contributed by atoms with van der Waals surface area (Å²) in [4.78, 5) is 0. The van der Waals surface area contributed by atoms with E-state index in [0.717, 1.165) is 35.7 Å². The van der Waals surface area contributed by atoms with E-state index in [-0.39, 0.29) is 6.04 Å². The molecule has 0 saturated heterocycles. The van der Waals surface area contributed by atoms with Crippen molar-refractivity contribution in [3.63, 3.8) is 0 Å². The molecule has 0 spiro atoms. The van der Waals surface area contributed by atoms with Crippen LogP contribution in [0.2, 0.25) is 0 Å². The third kappa shape index (κ3) is 3.26. The van der Waals surface area contributed by atoms with Crippen molar-refractivity contribution in [2.45, 2.75) is 19.4 Å². The van der Waals surface area contributed by atoms with E-state index in [0.29, 0.717) is 0 Å². The van der Waals surface area contributed by atoms with Crippen LogP contribution in [-0.2, 0) is 0 Å². The van der Waals surface area contributed by atoms with Crippen LogP contribution in [0, 0.1) is 0 Å². The van der Waals surface area contributed by atoms with Crippen LogP contribution in [0.15, 0.2) is 24.4 Å². The molecule has 20 heavy (non-hydrogen) atoms. The molecule has 2 rings (SSSR count). The van der Waals surface area contributed by atoms with Gasteiger partial charge in [-0.3, -0.25) is 0 Å². The Kier molecular flexibility index (Phi) is 5.31. The normalized spacial score (nSPS) is 12.2. The van der Waals surface area contributed by atoms with Gasteiger partial charge >= 0.3 is 0 Å². The fourth-order valence-corrected chi connectivity index (χ4v) is 2.46. The number of benzene rings is 1. The molecule has 1 N–H and O–H groups in total. The van der Waals surface area contributed by atoms with Gasteiger partial charge in [0, 0.05) is 0 Å². The van der Waals surface area contributed by atoms with Gasteiger partial charge < -0.3 is 14.8 Å². The summed E-state index contributed by atoms with van der Waals surface area (Å²) in [7, 11) is 3.27. The summed E-state index contributed by atoms with van der Waals surface area (Å²) in [6.45, 7) is 3.05. The predicted octanol–water partition coefficient (Wildman–Crippen LogP) is 2.64. The summed E-state index contributed by atoms with van der Waals surface area (Å²) in [5.41, 5.74) is 2.01. The van der Waals surface area contributed by atoms with Crippen molar-refractivity contribution in [3.05, 3.63) is 35.7 Å². The van der Waals surface area contributed by atoms with Crippen molar-refractivity contribution in [2.75, 3.05) is 20.8 Å². The summed E-state index contributed by atoms with van der Waals surface area (Å²) in [6, 6.07) is 5.93. The first-order valence-electron chi connectivity index (χ1n) is 6.53. The quantitative estimate of drug-likeness (QED) is 0.850. The first-order chi connectivity index (χ1) is 9.80. The fourth-order valence-electron chi connectivity index (χ4n) is 2.01. The topological polar surface area (TPSA) is 56.3 Å². The highest BCUT2D eigenvalue weighted by Gasteiger charge is 2.18. The third-order valence-electron chi connectivity index (χ3n) is 3.01. The highest BCUT2D eigenvalue weighted by atomic mass is 32.1. The summed E-state index contributed by atoms with van der Waals surface area (Å²) in [5.74, 6) is 1.44. The molecule has 1 aromatic carbocycles. The lowest BCUT2D eigenvalue weighted by atomic mass is 10.0. The molecule has 2 aromatic rings. The predicted molar refractivity (Wildman–Crippen MR) is 79.6 cm³/mol. The monoisotopic (exact) mass is 293 g/mol. The van der Waals surface area contributed by atoms with Crippen LogP contribution >= 0.6 is 11.7 Å². The van der Waals surface area contributed by atoms with Crippen LogP contribution in [0.4, 0.5) is 0 Å². The number of nitrogens with zero attached hydrogens (tertiary/aromatic N) is 2. The first-order valence-corrected chi connectivity index (χ1v) is 7.26.